The van der Waals surface area contributed by atoms with Crippen molar-refractivity contribution in [2.75, 3.05) is 0 Å². The zero-order valence-corrected chi connectivity index (χ0v) is 13.2. The monoisotopic (exact) mass is 303 g/mol. The Morgan fingerprint density at radius 3 is 2.39 bits per heavy atom. The van der Waals surface area contributed by atoms with Gasteiger partial charge in [-0.05, 0) is 30.4 Å². The number of aromatic nitrogens is 1. The minimum absolute atomic E-state index is 0.563. The molecule has 1 aromatic heterocycles. The Bertz CT molecular complexity index is 791. The Labute approximate surface area is 137 Å². The van der Waals surface area contributed by atoms with Gasteiger partial charge in [0, 0.05) is 17.4 Å². The average molecular weight is 303 g/mol. The van der Waals surface area contributed by atoms with E-state index in [1.165, 1.54) is 48.6 Å². The summed E-state index contributed by atoms with van der Waals surface area (Å²) < 4.78 is 6.01. The molecule has 0 spiro atoms. The Hall–Kier alpha value is -2.35. The number of para-hydroxylation sites is 1. The molecule has 0 bridgehead atoms. The van der Waals surface area contributed by atoms with Gasteiger partial charge in [-0.2, -0.15) is 0 Å². The molecule has 2 aromatic carbocycles. The fourth-order valence-electron chi connectivity index (χ4n) is 3.55. The molecule has 1 aliphatic rings. The molecule has 1 aliphatic carbocycles. The lowest BCUT2D eigenvalue weighted by Gasteiger charge is -2.23. The molecular formula is C21H21NO. The third-order valence-corrected chi connectivity index (χ3v) is 4.70. The molecule has 0 N–H and O–H groups in total. The van der Waals surface area contributed by atoms with Crippen molar-refractivity contribution in [3.63, 3.8) is 0 Å². The molecule has 3 aromatic rings. The van der Waals surface area contributed by atoms with Crippen molar-refractivity contribution >= 4 is 10.8 Å². The first kappa shape index (κ1) is 14.3. The van der Waals surface area contributed by atoms with Crippen molar-refractivity contribution < 1.29 is 4.74 Å². The van der Waals surface area contributed by atoms with E-state index >= 15 is 0 Å². The van der Waals surface area contributed by atoms with Crippen molar-refractivity contribution in [2.24, 2.45) is 0 Å². The van der Waals surface area contributed by atoms with Crippen LogP contribution in [0.5, 0.6) is 11.6 Å². The van der Waals surface area contributed by atoms with Crippen molar-refractivity contribution in [1.29, 1.82) is 0 Å². The fraction of sp³-hybridized carbons (Fsp3) is 0.286. The van der Waals surface area contributed by atoms with Crippen molar-refractivity contribution in [3.8, 4) is 11.6 Å². The van der Waals surface area contributed by atoms with Crippen LogP contribution in [0.25, 0.3) is 10.8 Å². The molecule has 0 amide bonds. The SMILES string of the molecule is c1ccc(Oc2cc3ccccc3c(C3CCCCC3)n2)cc1. The smallest absolute Gasteiger partial charge is 0.220 e. The molecule has 0 aliphatic heterocycles. The summed E-state index contributed by atoms with van der Waals surface area (Å²) in [5.41, 5.74) is 1.22. The quantitative estimate of drug-likeness (QED) is 0.585. The lowest BCUT2D eigenvalue weighted by Crippen LogP contribution is -2.07. The number of hydrogen-bond acceptors (Lipinski definition) is 2. The predicted octanol–water partition coefficient (Wildman–Crippen LogP) is 6.07. The molecule has 0 unspecified atom stereocenters. The first-order chi connectivity index (χ1) is 11.4. The van der Waals surface area contributed by atoms with Crippen LogP contribution in [0.1, 0.15) is 43.7 Å². The fourth-order valence-corrected chi connectivity index (χ4v) is 3.55. The number of pyridine rings is 1. The highest BCUT2D eigenvalue weighted by atomic mass is 16.5. The topological polar surface area (TPSA) is 22.1 Å². The maximum absolute atomic E-state index is 6.01. The number of fused-ring (bicyclic) bond motifs is 1. The molecule has 116 valence electrons. The van der Waals surface area contributed by atoms with E-state index in [0.717, 1.165) is 5.75 Å². The van der Waals surface area contributed by atoms with Gasteiger partial charge in [0.05, 0.1) is 5.69 Å². The Morgan fingerprint density at radius 2 is 1.57 bits per heavy atom. The van der Waals surface area contributed by atoms with E-state index in [2.05, 4.69) is 30.3 Å². The van der Waals surface area contributed by atoms with Crippen LogP contribution in [0.3, 0.4) is 0 Å². The van der Waals surface area contributed by atoms with E-state index in [1.807, 2.05) is 30.3 Å². The van der Waals surface area contributed by atoms with E-state index in [4.69, 9.17) is 9.72 Å². The standard InChI is InChI=1S/C21H21NO/c1-3-9-16(10-4-1)21-19-14-8-7-11-17(19)15-20(22-21)23-18-12-5-2-6-13-18/h2,5-8,11-16H,1,3-4,9-10H2. The lowest BCUT2D eigenvalue weighted by molar-refractivity contribution is 0.426. The van der Waals surface area contributed by atoms with Crippen molar-refractivity contribution in [2.45, 2.75) is 38.0 Å². The number of ether oxygens (including phenoxy) is 1. The molecular weight excluding hydrogens is 282 g/mol. The highest BCUT2D eigenvalue weighted by Crippen LogP contribution is 2.37. The molecule has 1 heterocycles. The van der Waals surface area contributed by atoms with Gasteiger partial charge in [-0.1, -0.05) is 61.7 Å². The molecule has 4 rings (SSSR count). The molecule has 23 heavy (non-hydrogen) atoms. The third-order valence-electron chi connectivity index (χ3n) is 4.70. The molecule has 0 radical (unpaired) electrons. The number of nitrogens with zero attached hydrogens (tertiary/aromatic N) is 1. The van der Waals surface area contributed by atoms with Gasteiger partial charge < -0.3 is 4.74 Å². The lowest BCUT2D eigenvalue weighted by atomic mass is 9.85. The summed E-state index contributed by atoms with van der Waals surface area (Å²) in [5, 5.41) is 2.49. The van der Waals surface area contributed by atoms with Gasteiger partial charge in [0.2, 0.25) is 5.88 Å². The van der Waals surface area contributed by atoms with Crippen LogP contribution in [0.15, 0.2) is 60.7 Å². The predicted molar refractivity (Wildman–Crippen MR) is 94.1 cm³/mol. The molecule has 1 fully saturated rings. The number of benzene rings is 2. The number of hydrogen-bond donors (Lipinski definition) is 0. The summed E-state index contributed by atoms with van der Waals surface area (Å²) in [6, 6.07) is 20.5. The minimum atomic E-state index is 0.563. The van der Waals surface area contributed by atoms with Crippen LogP contribution in [-0.2, 0) is 0 Å². The first-order valence-electron chi connectivity index (χ1n) is 8.53. The van der Waals surface area contributed by atoms with Crippen LogP contribution in [0.2, 0.25) is 0 Å². The van der Waals surface area contributed by atoms with Gasteiger partial charge in [0.15, 0.2) is 0 Å². The zero-order valence-electron chi connectivity index (χ0n) is 13.2. The van der Waals surface area contributed by atoms with Crippen LogP contribution >= 0.6 is 0 Å². The molecule has 2 heteroatoms. The molecule has 0 atom stereocenters. The summed E-state index contributed by atoms with van der Waals surface area (Å²) in [7, 11) is 0. The van der Waals surface area contributed by atoms with Gasteiger partial charge >= 0.3 is 0 Å². The Balaban J connectivity index is 1.76. The second-order valence-electron chi connectivity index (χ2n) is 6.32. The van der Waals surface area contributed by atoms with Crippen molar-refractivity contribution in [3.05, 3.63) is 66.4 Å². The maximum atomic E-state index is 6.01. The molecule has 1 saturated carbocycles. The second-order valence-corrected chi connectivity index (χ2v) is 6.32. The van der Waals surface area contributed by atoms with E-state index < -0.39 is 0 Å². The van der Waals surface area contributed by atoms with Crippen molar-refractivity contribution in [1.82, 2.24) is 4.98 Å². The molecule has 2 nitrogen and oxygen atoms in total. The zero-order chi connectivity index (χ0) is 15.5. The van der Waals surface area contributed by atoms with E-state index in [9.17, 15) is 0 Å². The van der Waals surface area contributed by atoms with Gasteiger partial charge in [-0.15, -0.1) is 0 Å². The summed E-state index contributed by atoms with van der Waals surface area (Å²) in [6.07, 6.45) is 6.46. The van der Waals surface area contributed by atoms with E-state index in [-0.39, 0.29) is 0 Å². The van der Waals surface area contributed by atoms with Crippen LogP contribution in [-0.4, -0.2) is 4.98 Å². The van der Waals surface area contributed by atoms with E-state index in [0.29, 0.717) is 11.8 Å². The summed E-state index contributed by atoms with van der Waals surface area (Å²) in [5.74, 6) is 2.10. The number of rotatable bonds is 3. The normalized spacial score (nSPS) is 15.7. The van der Waals surface area contributed by atoms with Gasteiger partial charge in [-0.25, -0.2) is 4.98 Å². The highest BCUT2D eigenvalue weighted by molar-refractivity contribution is 5.86. The summed E-state index contributed by atoms with van der Waals surface area (Å²) in [4.78, 5) is 4.90. The van der Waals surface area contributed by atoms with Gasteiger partial charge in [0.1, 0.15) is 5.75 Å². The van der Waals surface area contributed by atoms with Crippen LogP contribution in [0.4, 0.5) is 0 Å². The third kappa shape index (κ3) is 3.07. The van der Waals surface area contributed by atoms with Crippen LogP contribution in [0, 0.1) is 0 Å². The van der Waals surface area contributed by atoms with Gasteiger partial charge in [0.25, 0.3) is 0 Å². The van der Waals surface area contributed by atoms with Crippen LogP contribution < -0.4 is 4.74 Å². The average Bonchev–Trinajstić information content (AvgIpc) is 2.63. The second kappa shape index (κ2) is 6.41. The Morgan fingerprint density at radius 1 is 0.826 bits per heavy atom. The minimum Gasteiger partial charge on any atom is -0.439 e. The van der Waals surface area contributed by atoms with E-state index in [1.54, 1.807) is 0 Å². The first-order valence-corrected chi connectivity index (χ1v) is 8.53. The Kier molecular flexibility index (Phi) is 3.97. The summed E-state index contributed by atoms with van der Waals surface area (Å²) >= 11 is 0. The molecule has 0 saturated heterocycles. The summed E-state index contributed by atoms with van der Waals surface area (Å²) in [6.45, 7) is 0. The highest BCUT2D eigenvalue weighted by Gasteiger charge is 2.20. The maximum Gasteiger partial charge on any atom is 0.220 e. The van der Waals surface area contributed by atoms with Gasteiger partial charge in [-0.3, -0.25) is 0 Å². The largest absolute Gasteiger partial charge is 0.439 e.